The van der Waals surface area contributed by atoms with Crippen molar-refractivity contribution in [2.75, 3.05) is 0 Å². The van der Waals surface area contributed by atoms with Crippen molar-refractivity contribution in [2.45, 2.75) is 58.8 Å². The first-order valence-corrected chi connectivity index (χ1v) is 7.75. The van der Waals surface area contributed by atoms with Crippen molar-refractivity contribution < 1.29 is 4.74 Å². The number of nitrogens with zero attached hydrogens (tertiary/aromatic N) is 3. The summed E-state index contributed by atoms with van der Waals surface area (Å²) < 4.78 is 8.00. The quantitative estimate of drug-likeness (QED) is 0.938. The van der Waals surface area contributed by atoms with Gasteiger partial charge in [-0.15, -0.1) is 0 Å². The molecule has 0 amide bonds. The Hall–Kier alpha value is -1.69. The van der Waals surface area contributed by atoms with Gasteiger partial charge >= 0.3 is 0 Å². The van der Waals surface area contributed by atoms with E-state index < -0.39 is 0 Å². The highest BCUT2D eigenvalue weighted by atomic mass is 16.5. The van der Waals surface area contributed by atoms with Crippen LogP contribution in [0.4, 0.5) is 0 Å². The van der Waals surface area contributed by atoms with E-state index in [2.05, 4.69) is 35.7 Å². The number of aromatic nitrogens is 4. The first-order chi connectivity index (χ1) is 10.1. The van der Waals surface area contributed by atoms with Gasteiger partial charge in [0.15, 0.2) is 11.2 Å². The summed E-state index contributed by atoms with van der Waals surface area (Å²) in [6.45, 7) is 6.41. The average molecular weight is 290 g/mol. The van der Waals surface area contributed by atoms with Crippen LogP contribution in [-0.4, -0.2) is 25.6 Å². The van der Waals surface area contributed by atoms with Crippen LogP contribution in [0.3, 0.4) is 0 Å². The molecule has 3 unspecified atom stereocenters. The van der Waals surface area contributed by atoms with Crippen molar-refractivity contribution in [3.05, 3.63) is 22.5 Å². The van der Waals surface area contributed by atoms with Crippen LogP contribution < -0.4 is 5.56 Å². The fourth-order valence-electron chi connectivity index (χ4n) is 3.08. The average Bonchev–Trinajstić information content (AvgIpc) is 3.02. The molecule has 1 N–H and O–H groups in total. The zero-order valence-electron chi connectivity index (χ0n) is 12.8. The Kier molecular flexibility index (Phi) is 3.80. The minimum atomic E-state index is -0.166. The lowest BCUT2D eigenvalue weighted by atomic mass is 10.0. The topological polar surface area (TPSA) is 72.8 Å². The van der Waals surface area contributed by atoms with E-state index >= 15 is 0 Å². The van der Waals surface area contributed by atoms with Gasteiger partial charge in [-0.05, 0) is 25.2 Å². The molecule has 2 aromatic rings. The monoisotopic (exact) mass is 290 g/mol. The summed E-state index contributed by atoms with van der Waals surface area (Å²) in [5.41, 5.74) is 0.863. The van der Waals surface area contributed by atoms with Gasteiger partial charge in [0, 0.05) is 6.42 Å². The lowest BCUT2D eigenvalue weighted by molar-refractivity contribution is -0.00305. The lowest BCUT2D eigenvalue weighted by Gasteiger charge is -2.14. The fraction of sp³-hybridized carbons (Fsp3) is 0.667. The molecule has 0 spiro atoms. The van der Waals surface area contributed by atoms with Crippen LogP contribution in [0.1, 0.15) is 52.1 Å². The van der Waals surface area contributed by atoms with E-state index in [9.17, 15) is 4.79 Å². The summed E-state index contributed by atoms with van der Waals surface area (Å²) >= 11 is 0. The van der Waals surface area contributed by atoms with E-state index in [-0.39, 0.29) is 17.9 Å². The molecular formula is C15H22N4O2. The Morgan fingerprint density at radius 2 is 2.29 bits per heavy atom. The van der Waals surface area contributed by atoms with Crippen LogP contribution in [0.25, 0.3) is 11.2 Å². The summed E-state index contributed by atoms with van der Waals surface area (Å²) in [5, 5.41) is 0. The molecule has 3 rings (SSSR count). The Bertz CT molecular complexity index is 691. The summed E-state index contributed by atoms with van der Waals surface area (Å²) in [6, 6.07) is 0. The molecule has 1 saturated heterocycles. The summed E-state index contributed by atoms with van der Waals surface area (Å²) in [5.74, 6) is 1.23. The molecule has 0 bridgehead atoms. The van der Waals surface area contributed by atoms with Crippen LogP contribution in [-0.2, 0) is 11.2 Å². The van der Waals surface area contributed by atoms with Gasteiger partial charge in [-0.1, -0.05) is 20.8 Å². The largest absolute Gasteiger partial charge is 0.354 e. The second-order valence-electron chi connectivity index (χ2n) is 5.84. The van der Waals surface area contributed by atoms with Gasteiger partial charge in [0.1, 0.15) is 12.1 Å². The molecule has 1 aliphatic rings. The van der Waals surface area contributed by atoms with Crippen LogP contribution in [0.5, 0.6) is 0 Å². The van der Waals surface area contributed by atoms with Crippen molar-refractivity contribution in [3.8, 4) is 0 Å². The molecule has 1 fully saturated rings. The van der Waals surface area contributed by atoms with Crippen molar-refractivity contribution in [1.82, 2.24) is 19.5 Å². The predicted octanol–water partition coefficient (Wildman–Crippen LogP) is 2.41. The van der Waals surface area contributed by atoms with E-state index in [0.29, 0.717) is 17.1 Å². The summed E-state index contributed by atoms with van der Waals surface area (Å²) in [6.07, 6.45) is 5.51. The number of fused-ring (bicyclic) bond motifs is 1. The molecule has 0 radical (unpaired) electrons. The Morgan fingerprint density at radius 3 is 2.95 bits per heavy atom. The summed E-state index contributed by atoms with van der Waals surface area (Å²) in [7, 11) is 0. The highest BCUT2D eigenvalue weighted by Crippen LogP contribution is 2.35. The van der Waals surface area contributed by atoms with Gasteiger partial charge in [-0.2, -0.15) is 0 Å². The summed E-state index contributed by atoms with van der Waals surface area (Å²) in [4.78, 5) is 23.7. The van der Waals surface area contributed by atoms with Crippen molar-refractivity contribution in [3.63, 3.8) is 0 Å². The molecule has 6 heteroatoms. The Morgan fingerprint density at radius 1 is 1.48 bits per heavy atom. The maximum Gasteiger partial charge on any atom is 0.279 e. The van der Waals surface area contributed by atoms with Crippen LogP contribution in [0, 0.1) is 5.92 Å². The zero-order valence-corrected chi connectivity index (χ0v) is 12.8. The number of hydrogen-bond acceptors (Lipinski definition) is 4. The Balaban J connectivity index is 2.01. The number of imidazole rings is 1. The lowest BCUT2D eigenvalue weighted by Crippen LogP contribution is -2.15. The van der Waals surface area contributed by atoms with Gasteiger partial charge in [0.05, 0.1) is 12.4 Å². The van der Waals surface area contributed by atoms with Crippen LogP contribution in [0.15, 0.2) is 11.1 Å². The number of H-pyrrole nitrogens is 1. The van der Waals surface area contributed by atoms with E-state index in [4.69, 9.17) is 4.74 Å². The number of aromatic amines is 1. The van der Waals surface area contributed by atoms with E-state index in [1.807, 2.05) is 4.57 Å². The van der Waals surface area contributed by atoms with Gasteiger partial charge in [0.25, 0.3) is 5.56 Å². The highest BCUT2D eigenvalue weighted by Gasteiger charge is 2.33. The molecule has 6 nitrogen and oxygen atoms in total. The third kappa shape index (κ3) is 2.48. The van der Waals surface area contributed by atoms with Crippen molar-refractivity contribution in [1.29, 1.82) is 0 Å². The van der Waals surface area contributed by atoms with E-state index in [1.165, 1.54) is 0 Å². The normalized spacial score (nSPS) is 25.8. The number of aryl methyl sites for hydroxylation is 1. The maximum atomic E-state index is 12.1. The minimum Gasteiger partial charge on any atom is -0.354 e. The molecule has 0 aromatic carbocycles. The predicted molar refractivity (Wildman–Crippen MR) is 80.1 cm³/mol. The molecule has 3 heterocycles. The smallest absolute Gasteiger partial charge is 0.279 e. The fourth-order valence-corrected chi connectivity index (χ4v) is 3.08. The first-order valence-electron chi connectivity index (χ1n) is 7.75. The number of rotatable bonds is 4. The third-order valence-corrected chi connectivity index (χ3v) is 4.22. The van der Waals surface area contributed by atoms with Crippen molar-refractivity contribution in [2.24, 2.45) is 5.92 Å². The number of hydrogen-bond donors (Lipinski definition) is 1. The van der Waals surface area contributed by atoms with Gasteiger partial charge < -0.3 is 9.72 Å². The minimum absolute atomic E-state index is 0.0706. The standard InChI is InChI=1S/C15H22N4O2/c1-4-6-11-17-14-13(15(20)18-11)16-8-19(14)12-7-9(3)10(5-2)21-12/h8-10,12H,4-7H2,1-3H3,(H,17,18,20). The second-order valence-corrected chi connectivity index (χ2v) is 5.84. The Labute approximate surface area is 123 Å². The van der Waals surface area contributed by atoms with Crippen LogP contribution >= 0.6 is 0 Å². The van der Waals surface area contributed by atoms with Gasteiger partial charge in [-0.3, -0.25) is 9.36 Å². The number of ether oxygens (including phenoxy) is 1. The zero-order chi connectivity index (χ0) is 15.0. The molecule has 2 aromatic heterocycles. The third-order valence-electron chi connectivity index (χ3n) is 4.22. The molecule has 1 aliphatic heterocycles. The molecule has 114 valence electrons. The molecule has 21 heavy (non-hydrogen) atoms. The van der Waals surface area contributed by atoms with Crippen molar-refractivity contribution >= 4 is 11.2 Å². The molecular weight excluding hydrogens is 268 g/mol. The van der Waals surface area contributed by atoms with Gasteiger partial charge in [0.2, 0.25) is 0 Å². The second kappa shape index (κ2) is 5.60. The molecule has 0 aliphatic carbocycles. The van der Waals surface area contributed by atoms with Crippen LogP contribution in [0.2, 0.25) is 0 Å². The first kappa shape index (κ1) is 14.3. The van der Waals surface area contributed by atoms with Gasteiger partial charge in [-0.25, -0.2) is 9.97 Å². The SMILES string of the molecule is CCCc1nc2c(ncn2C2CC(C)C(CC)O2)c(=O)[nH]1. The number of nitrogens with one attached hydrogen (secondary N) is 1. The van der Waals surface area contributed by atoms with E-state index in [1.54, 1.807) is 6.33 Å². The highest BCUT2D eigenvalue weighted by molar-refractivity contribution is 5.69. The molecule has 3 atom stereocenters. The van der Waals surface area contributed by atoms with E-state index in [0.717, 1.165) is 31.5 Å². The molecule has 0 saturated carbocycles. The maximum absolute atomic E-state index is 12.1.